The molecule has 0 radical (unpaired) electrons. The van der Waals surface area contributed by atoms with Gasteiger partial charge >= 0.3 is 5.97 Å². The lowest BCUT2D eigenvalue weighted by Crippen LogP contribution is -2.17. The number of fused-ring (bicyclic) bond motifs is 1. The highest BCUT2D eigenvalue weighted by Crippen LogP contribution is 2.26. The van der Waals surface area contributed by atoms with Gasteiger partial charge in [-0.15, -0.1) is 0 Å². The standard InChI is InChI=1S/C22H19N5O3S/c1-14-7-9-15(10-8-14)27-20-17(11-25-27)21(24-13-23-20)31-12-19(28)26-18-6-4-3-5-16(18)22(29)30-2/h3-11,13H,12H2,1-2H3,(H,26,28). The fraction of sp³-hybridized carbons (Fsp3) is 0.136. The fourth-order valence-electron chi connectivity index (χ4n) is 3.01. The van der Waals surface area contributed by atoms with E-state index < -0.39 is 5.97 Å². The zero-order chi connectivity index (χ0) is 21.8. The topological polar surface area (TPSA) is 99.0 Å². The zero-order valence-corrected chi connectivity index (χ0v) is 17.7. The summed E-state index contributed by atoms with van der Waals surface area (Å²) in [5.74, 6) is -0.666. The van der Waals surface area contributed by atoms with Crippen molar-refractivity contribution in [1.82, 2.24) is 19.7 Å². The number of carbonyl (C=O) groups is 2. The lowest BCUT2D eigenvalue weighted by Gasteiger charge is -2.09. The van der Waals surface area contributed by atoms with Crippen molar-refractivity contribution in [2.45, 2.75) is 11.9 Å². The van der Waals surface area contributed by atoms with Gasteiger partial charge in [0.05, 0.1) is 41.4 Å². The highest BCUT2D eigenvalue weighted by molar-refractivity contribution is 8.00. The predicted octanol–water partition coefficient (Wildman–Crippen LogP) is 3.64. The Morgan fingerprint density at radius 2 is 1.87 bits per heavy atom. The molecule has 0 aliphatic heterocycles. The molecule has 1 N–H and O–H groups in total. The number of anilines is 1. The summed E-state index contributed by atoms with van der Waals surface area (Å²) in [5, 5.41) is 8.61. The Balaban J connectivity index is 1.51. The third kappa shape index (κ3) is 4.41. The number of hydrogen-bond donors (Lipinski definition) is 1. The molecule has 2 aromatic carbocycles. The van der Waals surface area contributed by atoms with Crippen LogP contribution < -0.4 is 5.32 Å². The van der Waals surface area contributed by atoms with E-state index in [2.05, 4.69) is 20.4 Å². The highest BCUT2D eigenvalue weighted by Gasteiger charge is 2.15. The Labute approximate surface area is 182 Å². The molecular formula is C22H19N5O3S. The van der Waals surface area contributed by atoms with E-state index in [1.165, 1.54) is 25.2 Å². The maximum Gasteiger partial charge on any atom is 0.339 e. The van der Waals surface area contributed by atoms with Gasteiger partial charge in [-0.05, 0) is 31.2 Å². The molecule has 0 atom stereocenters. The van der Waals surface area contributed by atoms with E-state index in [-0.39, 0.29) is 11.7 Å². The molecule has 156 valence electrons. The number of nitrogens with zero attached hydrogens (tertiary/aromatic N) is 4. The number of benzene rings is 2. The Morgan fingerprint density at radius 3 is 2.65 bits per heavy atom. The number of para-hydroxylation sites is 1. The van der Waals surface area contributed by atoms with E-state index in [4.69, 9.17) is 4.74 Å². The number of hydrogen-bond acceptors (Lipinski definition) is 7. The number of thioether (sulfide) groups is 1. The van der Waals surface area contributed by atoms with Crippen molar-refractivity contribution in [2.24, 2.45) is 0 Å². The second kappa shape index (κ2) is 8.97. The SMILES string of the molecule is COC(=O)c1ccccc1NC(=O)CSc1ncnc2c1cnn2-c1ccc(C)cc1. The van der Waals surface area contributed by atoms with Gasteiger partial charge in [0, 0.05) is 0 Å². The summed E-state index contributed by atoms with van der Waals surface area (Å²) >= 11 is 1.28. The van der Waals surface area contributed by atoms with Gasteiger partial charge < -0.3 is 10.1 Å². The molecule has 2 aromatic heterocycles. The first-order valence-electron chi connectivity index (χ1n) is 9.42. The van der Waals surface area contributed by atoms with Crippen LogP contribution in [-0.2, 0) is 9.53 Å². The smallest absolute Gasteiger partial charge is 0.339 e. The quantitative estimate of drug-likeness (QED) is 0.282. The molecule has 0 spiro atoms. The molecular weight excluding hydrogens is 414 g/mol. The van der Waals surface area contributed by atoms with Gasteiger partial charge in [-0.3, -0.25) is 4.79 Å². The second-order valence-corrected chi connectivity index (χ2v) is 7.65. The molecule has 0 saturated carbocycles. The molecule has 4 aromatic rings. The third-order valence-corrected chi connectivity index (χ3v) is 5.56. The summed E-state index contributed by atoms with van der Waals surface area (Å²) in [6.45, 7) is 2.02. The van der Waals surface area contributed by atoms with Crippen LogP contribution in [0, 0.1) is 6.92 Å². The lowest BCUT2D eigenvalue weighted by atomic mass is 10.2. The molecule has 31 heavy (non-hydrogen) atoms. The molecule has 0 aliphatic rings. The number of methoxy groups -OCH3 is 1. The summed E-state index contributed by atoms with van der Waals surface area (Å²) in [6.07, 6.45) is 3.16. The van der Waals surface area contributed by atoms with Crippen LogP contribution in [0.2, 0.25) is 0 Å². The fourth-order valence-corrected chi connectivity index (χ4v) is 3.77. The van der Waals surface area contributed by atoms with Gasteiger partial charge in [-0.1, -0.05) is 41.6 Å². The first kappa shape index (κ1) is 20.5. The van der Waals surface area contributed by atoms with E-state index in [1.807, 2.05) is 31.2 Å². The number of carbonyl (C=O) groups excluding carboxylic acids is 2. The molecule has 0 unspecified atom stereocenters. The largest absolute Gasteiger partial charge is 0.465 e. The Kier molecular flexibility index (Phi) is 5.94. The molecule has 1 amide bonds. The summed E-state index contributed by atoms with van der Waals surface area (Å²) < 4.78 is 6.50. The Morgan fingerprint density at radius 1 is 1.10 bits per heavy atom. The molecule has 0 fully saturated rings. The maximum absolute atomic E-state index is 12.5. The minimum atomic E-state index is -0.510. The minimum Gasteiger partial charge on any atom is -0.465 e. The van der Waals surface area contributed by atoms with Gasteiger partial charge in [0.15, 0.2) is 5.65 Å². The van der Waals surface area contributed by atoms with E-state index in [0.29, 0.717) is 21.9 Å². The van der Waals surface area contributed by atoms with Crippen LogP contribution in [0.5, 0.6) is 0 Å². The first-order valence-corrected chi connectivity index (χ1v) is 10.4. The maximum atomic E-state index is 12.5. The monoisotopic (exact) mass is 433 g/mol. The van der Waals surface area contributed by atoms with Crippen LogP contribution in [0.3, 0.4) is 0 Å². The van der Waals surface area contributed by atoms with E-state index >= 15 is 0 Å². The number of aromatic nitrogens is 4. The van der Waals surface area contributed by atoms with E-state index in [0.717, 1.165) is 16.6 Å². The van der Waals surface area contributed by atoms with E-state index in [1.54, 1.807) is 35.1 Å². The summed E-state index contributed by atoms with van der Waals surface area (Å²) in [7, 11) is 1.30. The van der Waals surface area contributed by atoms with Crippen molar-refractivity contribution in [3.8, 4) is 5.69 Å². The van der Waals surface area contributed by atoms with E-state index in [9.17, 15) is 9.59 Å². The molecule has 8 nitrogen and oxygen atoms in total. The van der Waals surface area contributed by atoms with Gasteiger partial charge in [0.1, 0.15) is 11.4 Å². The average molecular weight is 433 g/mol. The molecule has 2 heterocycles. The summed E-state index contributed by atoms with van der Waals surface area (Å²) in [6, 6.07) is 14.7. The van der Waals surface area contributed by atoms with Crippen molar-refractivity contribution in [1.29, 1.82) is 0 Å². The van der Waals surface area contributed by atoms with Crippen LogP contribution in [0.15, 0.2) is 66.1 Å². The lowest BCUT2D eigenvalue weighted by molar-refractivity contribution is -0.113. The van der Waals surface area contributed by atoms with Crippen LogP contribution in [0.1, 0.15) is 15.9 Å². The number of aryl methyl sites for hydroxylation is 1. The van der Waals surface area contributed by atoms with Gasteiger partial charge in [0.25, 0.3) is 0 Å². The summed E-state index contributed by atoms with van der Waals surface area (Å²) in [4.78, 5) is 33.0. The molecule has 4 rings (SSSR count). The van der Waals surface area contributed by atoms with Crippen LogP contribution in [-0.4, -0.2) is 44.5 Å². The normalized spacial score (nSPS) is 10.8. The van der Waals surface area contributed by atoms with Crippen molar-refractivity contribution >= 4 is 40.4 Å². The van der Waals surface area contributed by atoms with Crippen molar-refractivity contribution in [2.75, 3.05) is 18.2 Å². The minimum absolute atomic E-state index is 0.108. The van der Waals surface area contributed by atoms with Crippen molar-refractivity contribution in [3.63, 3.8) is 0 Å². The third-order valence-electron chi connectivity index (χ3n) is 4.55. The Hall–Kier alpha value is -3.72. The predicted molar refractivity (Wildman–Crippen MR) is 119 cm³/mol. The number of amides is 1. The zero-order valence-electron chi connectivity index (χ0n) is 16.9. The Bertz CT molecular complexity index is 1250. The number of ether oxygens (including phenoxy) is 1. The average Bonchev–Trinajstić information content (AvgIpc) is 3.23. The van der Waals surface area contributed by atoms with Gasteiger partial charge in [-0.2, -0.15) is 5.10 Å². The number of rotatable bonds is 6. The van der Waals surface area contributed by atoms with Crippen molar-refractivity contribution in [3.05, 3.63) is 72.2 Å². The van der Waals surface area contributed by atoms with Crippen LogP contribution in [0.4, 0.5) is 5.69 Å². The highest BCUT2D eigenvalue weighted by atomic mass is 32.2. The molecule has 0 aliphatic carbocycles. The number of esters is 1. The molecule has 0 saturated heterocycles. The second-order valence-electron chi connectivity index (χ2n) is 6.68. The number of nitrogens with one attached hydrogen (secondary N) is 1. The first-order chi connectivity index (χ1) is 15.1. The summed E-state index contributed by atoms with van der Waals surface area (Å²) in [5.41, 5.74) is 3.42. The van der Waals surface area contributed by atoms with Gasteiger partial charge in [0.2, 0.25) is 5.91 Å². The van der Waals surface area contributed by atoms with Crippen LogP contribution in [0.25, 0.3) is 16.7 Å². The molecule has 9 heteroatoms. The van der Waals surface area contributed by atoms with Gasteiger partial charge in [-0.25, -0.2) is 19.4 Å². The molecule has 0 bridgehead atoms. The van der Waals surface area contributed by atoms with Crippen LogP contribution >= 0.6 is 11.8 Å². The van der Waals surface area contributed by atoms with Crippen molar-refractivity contribution < 1.29 is 14.3 Å².